The first-order valence-corrected chi connectivity index (χ1v) is 13.5. The summed E-state index contributed by atoms with van der Waals surface area (Å²) < 4.78 is 32.6. The van der Waals surface area contributed by atoms with Gasteiger partial charge in [0.2, 0.25) is 0 Å². The van der Waals surface area contributed by atoms with Crippen molar-refractivity contribution < 1.29 is 18.6 Å². The molecule has 188 valence electrons. The van der Waals surface area contributed by atoms with Crippen LogP contribution in [0.1, 0.15) is 31.6 Å². The highest BCUT2D eigenvalue weighted by molar-refractivity contribution is 7.67. The molecule has 0 spiro atoms. The zero-order valence-electron chi connectivity index (χ0n) is 21.5. The maximum absolute atomic E-state index is 15.1. The second kappa shape index (κ2) is 12.1. The number of hydrogen-bond donors (Lipinski definition) is 1. The standard InChI is InChI=1S/C28H37N2O4P/c1-21(2)18-19-34-35(31,25-15-12-23(13-16-25)30(3)4)28(29-22-10-8-7-9-11-22)26-20-24(32-5)14-17-27(26)33-6/h7-17,20-21,28-29H,18-19H2,1-6H3. The summed E-state index contributed by atoms with van der Waals surface area (Å²) in [5, 5.41) is 4.15. The molecule has 0 aliphatic heterocycles. The molecule has 2 unspecified atom stereocenters. The van der Waals surface area contributed by atoms with Crippen LogP contribution in [-0.4, -0.2) is 34.9 Å². The van der Waals surface area contributed by atoms with E-state index >= 15 is 4.57 Å². The molecular weight excluding hydrogens is 459 g/mol. The van der Waals surface area contributed by atoms with Crippen LogP contribution in [-0.2, 0) is 9.09 Å². The van der Waals surface area contributed by atoms with E-state index in [0.717, 1.165) is 17.8 Å². The summed E-state index contributed by atoms with van der Waals surface area (Å²) in [4.78, 5) is 2.01. The van der Waals surface area contributed by atoms with Gasteiger partial charge in [-0.15, -0.1) is 0 Å². The number of benzene rings is 3. The highest BCUT2D eigenvalue weighted by Gasteiger charge is 2.40. The van der Waals surface area contributed by atoms with Crippen LogP contribution in [0.2, 0.25) is 0 Å². The Balaban J connectivity index is 2.19. The SMILES string of the molecule is COc1ccc(OC)c(C(Nc2ccccc2)P(=O)(OCCC(C)C)c2ccc(N(C)C)cc2)c1. The molecule has 3 rings (SSSR count). The largest absolute Gasteiger partial charge is 0.497 e. The minimum atomic E-state index is -3.51. The Morgan fingerprint density at radius 3 is 2.17 bits per heavy atom. The molecule has 0 saturated heterocycles. The van der Waals surface area contributed by atoms with Crippen molar-refractivity contribution in [3.05, 3.63) is 78.4 Å². The van der Waals surface area contributed by atoms with E-state index in [9.17, 15) is 0 Å². The van der Waals surface area contributed by atoms with Crippen molar-refractivity contribution in [1.82, 2.24) is 0 Å². The van der Waals surface area contributed by atoms with Crippen molar-refractivity contribution in [2.75, 3.05) is 45.1 Å². The molecular formula is C28H37N2O4P. The fourth-order valence-electron chi connectivity index (χ4n) is 3.77. The Bertz CT molecular complexity index is 1120. The van der Waals surface area contributed by atoms with Crippen molar-refractivity contribution in [3.8, 4) is 11.5 Å². The lowest BCUT2D eigenvalue weighted by Gasteiger charge is -2.31. The topological polar surface area (TPSA) is 60.0 Å². The van der Waals surface area contributed by atoms with Crippen molar-refractivity contribution >= 4 is 24.0 Å². The summed E-state index contributed by atoms with van der Waals surface area (Å²) >= 11 is 0. The molecule has 2 atom stereocenters. The summed E-state index contributed by atoms with van der Waals surface area (Å²) in [5.41, 5.74) is 2.56. The molecule has 0 aliphatic carbocycles. The predicted molar refractivity (Wildman–Crippen MR) is 146 cm³/mol. The second-order valence-corrected chi connectivity index (χ2v) is 11.5. The number of methoxy groups -OCH3 is 2. The van der Waals surface area contributed by atoms with E-state index in [0.29, 0.717) is 34.9 Å². The van der Waals surface area contributed by atoms with Crippen LogP contribution in [0.3, 0.4) is 0 Å². The Labute approximate surface area is 209 Å². The molecule has 0 aliphatic rings. The minimum Gasteiger partial charge on any atom is -0.497 e. The predicted octanol–water partition coefficient (Wildman–Crippen LogP) is 6.55. The molecule has 0 heterocycles. The van der Waals surface area contributed by atoms with Gasteiger partial charge in [0.25, 0.3) is 7.37 Å². The van der Waals surface area contributed by atoms with Gasteiger partial charge < -0.3 is 24.2 Å². The van der Waals surface area contributed by atoms with Gasteiger partial charge >= 0.3 is 0 Å². The Morgan fingerprint density at radius 1 is 0.914 bits per heavy atom. The van der Waals surface area contributed by atoms with Gasteiger partial charge in [-0.25, -0.2) is 0 Å². The number of anilines is 2. The Hall–Kier alpha value is -2.95. The molecule has 3 aromatic carbocycles. The summed E-state index contributed by atoms with van der Waals surface area (Å²) in [5.74, 6) is 0.980. The van der Waals surface area contributed by atoms with E-state index < -0.39 is 13.2 Å². The third kappa shape index (κ3) is 6.59. The van der Waals surface area contributed by atoms with Crippen molar-refractivity contribution in [2.45, 2.75) is 26.1 Å². The lowest BCUT2D eigenvalue weighted by molar-refractivity contribution is 0.289. The van der Waals surface area contributed by atoms with Crippen LogP contribution in [0.25, 0.3) is 0 Å². The van der Waals surface area contributed by atoms with Crippen LogP contribution >= 0.6 is 7.37 Å². The Morgan fingerprint density at radius 2 is 1.60 bits per heavy atom. The van der Waals surface area contributed by atoms with Gasteiger partial charge in [-0.05, 0) is 66.9 Å². The highest BCUT2D eigenvalue weighted by Crippen LogP contribution is 2.61. The molecule has 0 radical (unpaired) electrons. The van der Waals surface area contributed by atoms with Gasteiger partial charge in [-0.2, -0.15) is 0 Å². The zero-order valence-corrected chi connectivity index (χ0v) is 22.4. The molecule has 0 amide bonds. The van der Waals surface area contributed by atoms with Gasteiger partial charge in [-0.1, -0.05) is 32.0 Å². The lowest BCUT2D eigenvalue weighted by atomic mass is 10.1. The maximum Gasteiger partial charge on any atom is 0.258 e. The highest BCUT2D eigenvalue weighted by atomic mass is 31.2. The van der Waals surface area contributed by atoms with E-state index in [1.165, 1.54) is 0 Å². The van der Waals surface area contributed by atoms with Gasteiger partial charge in [-0.3, -0.25) is 4.57 Å². The zero-order chi connectivity index (χ0) is 25.4. The molecule has 0 fully saturated rings. The third-order valence-corrected chi connectivity index (χ3v) is 8.52. The first-order valence-electron chi connectivity index (χ1n) is 11.8. The van der Waals surface area contributed by atoms with E-state index in [1.54, 1.807) is 14.2 Å². The summed E-state index contributed by atoms with van der Waals surface area (Å²) in [6.45, 7) is 4.64. The summed E-state index contributed by atoms with van der Waals surface area (Å²) in [6.07, 6.45) is 0.799. The van der Waals surface area contributed by atoms with Crippen LogP contribution < -0.4 is 25.0 Å². The van der Waals surface area contributed by atoms with Gasteiger partial charge in [0, 0.05) is 36.3 Å². The molecule has 3 aromatic rings. The minimum absolute atomic E-state index is 0.379. The van der Waals surface area contributed by atoms with Gasteiger partial charge in [0.1, 0.15) is 17.3 Å². The molecule has 1 N–H and O–H groups in total. The van der Waals surface area contributed by atoms with Crippen LogP contribution in [0.15, 0.2) is 72.8 Å². The van der Waals surface area contributed by atoms with E-state index in [2.05, 4.69) is 19.2 Å². The maximum atomic E-state index is 15.1. The van der Waals surface area contributed by atoms with E-state index in [-0.39, 0.29) is 0 Å². The van der Waals surface area contributed by atoms with Crippen LogP contribution in [0, 0.1) is 5.92 Å². The van der Waals surface area contributed by atoms with Crippen molar-refractivity contribution in [1.29, 1.82) is 0 Å². The number of nitrogens with one attached hydrogen (secondary N) is 1. The molecule has 0 aromatic heterocycles. The molecule has 6 nitrogen and oxygen atoms in total. The van der Waals surface area contributed by atoms with Gasteiger partial charge in [0.15, 0.2) is 0 Å². The van der Waals surface area contributed by atoms with Gasteiger partial charge in [0.05, 0.1) is 20.8 Å². The van der Waals surface area contributed by atoms with Crippen molar-refractivity contribution in [3.63, 3.8) is 0 Å². The van der Waals surface area contributed by atoms with Crippen molar-refractivity contribution in [2.24, 2.45) is 5.92 Å². The number of para-hydroxylation sites is 1. The Kier molecular flexibility index (Phi) is 9.25. The molecule has 35 heavy (non-hydrogen) atoms. The molecule has 0 bridgehead atoms. The fourth-order valence-corrected chi connectivity index (χ4v) is 6.20. The smallest absolute Gasteiger partial charge is 0.258 e. The van der Waals surface area contributed by atoms with E-state index in [4.69, 9.17) is 14.0 Å². The monoisotopic (exact) mass is 496 g/mol. The average molecular weight is 497 g/mol. The summed E-state index contributed by atoms with van der Waals surface area (Å²) in [6, 6.07) is 23.0. The molecule has 0 saturated carbocycles. The van der Waals surface area contributed by atoms with E-state index in [1.807, 2.05) is 91.8 Å². The fraction of sp³-hybridized carbons (Fsp3) is 0.357. The molecule has 7 heteroatoms. The normalized spacial score (nSPS) is 13.7. The second-order valence-electron chi connectivity index (χ2n) is 9.04. The first-order chi connectivity index (χ1) is 16.8. The lowest BCUT2D eigenvalue weighted by Crippen LogP contribution is -2.22. The number of nitrogens with zero attached hydrogens (tertiary/aromatic N) is 1. The number of rotatable bonds is 12. The van der Waals surface area contributed by atoms with Crippen LogP contribution in [0.5, 0.6) is 11.5 Å². The third-order valence-electron chi connectivity index (χ3n) is 5.85. The average Bonchev–Trinajstić information content (AvgIpc) is 2.87. The summed E-state index contributed by atoms with van der Waals surface area (Å²) in [7, 11) is 3.68. The number of ether oxygens (including phenoxy) is 2. The number of hydrogen-bond acceptors (Lipinski definition) is 6. The quantitative estimate of drug-likeness (QED) is 0.287. The van der Waals surface area contributed by atoms with Crippen LogP contribution in [0.4, 0.5) is 11.4 Å². The first kappa shape index (κ1) is 26.7.